The van der Waals surface area contributed by atoms with Crippen LogP contribution in [-0.4, -0.2) is 35.7 Å². The number of amides is 1. The Labute approximate surface area is 123 Å². The highest BCUT2D eigenvalue weighted by Gasteiger charge is 2.44. The molecule has 3 N–H and O–H groups in total. The maximum Gasteiger partial charge on any atom is 0.267 e. The van der Waals surface area contributed by atoms with Gasteiger partial charge in [-0.1, -0.05) is 30.3 Å². The van der Waals surface area contributed by atoms with Crippen molar-refractivity contribution in [3.63, 3.8) is 0 Å². The molecule has 0 atom stereocenters. The lowest BCUT2D eigenvalue weighted by molar-refractivity contribution is 0.0995. The topological polar surface area (TPSA) is 79.5 Å². The lowest BCUT2D eigenvalue weighted by Gasteiger charge is -2.51. The maximum absolute atomic E-state index is 11.2. The molecule has 0 radical (unpaired) electrons. The second-order valence-electron chi connectivity index (χ2n) is 5.42. The molecule has 2 aromatic rings. The van der Waals surface area contributed by atoms with Crippen molar-refractivity contribution in [2.45, 2.75) is 5.41 Å². The van der Waals surface area contributed by atoms with E-state index in [1.54, 1.807) is 12.3 Å². The summed E-state index contributed by atoms with van der Waals surface area (Å²) in [5, 5.41) is 9.78. The summed E-state index contributed by atoms with van der Waals surface area (Å²) in [6.45, 7) is 1.51. The van der Waals surface area contributed by atoms with E-state index in [2.05, 4.69) is 9.88 Å². The van der Waals surface area contributed by atoms with Crippen LogP contribution in [0.3, 0.4) is 0 Å². The minimum Gasteiger partial charge on any atom is -0.395 e. The van der Waals surface area contributed by atoms with E-state index in [9.17, 15) is 9.90 Å². The largest absolute Gasteiger partial charge is 0.395 e. The van der Waals surface area contributed by atoms with Gasteiger partial charge in [0.25, 0.3) is 5.91 Å². The Morgan fingerprint density at radius 2 is 2.00 bits per heavy atom. The van der Waals surface area contributed by atoms with Crippen LogP contribution in [0, 0.1) is 0 Å². The standard InChI is InChI=1S/C16H17N3O2/c17-15(21)14-8-13(6-7-18-14)19-9-16(10-19,11-20)12-4-2-1-3-5-12/h1-8,20H,9-11H2,(H2,17,21). The lowest BCUT2D eigenvalue weighted by atomic mass is 9.74. The number of aliphatic hydroxyl groups excluding tert-OH is 1. The van der Waals surface area contributed by atoms with Crippen LogP contribution in [0.1, 0.15) is 16.1 Å². The third-order valence-electron chi connectivity index (χ3n) is 4.04. The molecule has 0 aliphatic carbocycles. The first-order chi connectivity index (χ1) is 10.1. The number of hydrogen-bond acceptors (Lipinski definition) is 4. The second kappa shape index (κ2) is 5.18. The zero-order chi connectivity index (χ0) is 14.9. The summed E-state index contributed by atoms with van der Waals surface area (Å²) in [6, 6.07) is 13.5. The predicted octanol–water partition coefficient (Wildman–Crippen LogP) is 0.931. The van der Waals surface area contributed by atoms with E-state index in [1.807, 2.05) is 36.4 Å². The van der Waals surface area contributed by atoms with E-state index >= 15 is 0 Å². The number of benzene rings is 1. The fraction of sp³-hybridized carbons (Fsp3) is 0.250. The van der Waals surface area contributed by atoms with Gasteiger partial charge >= 0.3 is 0 Å². The summed E-state index contributed by atoms with van der Waals surface area (Å²) >= 11 is 0. The van der Waals surface area contributed by atoms with Crippen LogP contribution in [0.25, 0.3) is 0 Å². The van der Waals surface area contributed by atoms with Crippen LogP contribution >= 0.6 is 0 Å². The van der Waals surface area contributed by atoms with Gasteiger partial charge in [-0.3, -0.25) is 9.78 Å². The number of hydrogen-bond donors (Lipinski definition) is 2. The minimum absolute atomic E-state index is 0.0985. The van der Waals surface area contributed by atoms with Crippen molar-refractivity contribution in [3.05, 3.63) is 59.9 Å². The number of nitrogens with zero attached hydrogens (tertiary/aromatic N) is 2. The van der Waals surface area contributed by atoms with Crippen molar-refractivity contribution in [1.29, 1.82) is 0 Å². The summed E-state index contributed by atoms with van der Waals surface area (Å²) in [7, 11) is 0. The molecular weight excluding hydrogens is 266 g/mol. The number of nitrogens with two attached hydrogens (primary N) is 1. The number of rotatable bonds is 4. The summed E-state index contributed by atoms with van der Waals surface area (Å²) in [4.78, 5) is 17.2. The molecule has 0 spiro atoms. The monoisotopic (exact) mass is 283 g/mol. The number of carbonyl (C=O) groups is 1. The molecule has 5 heteroatoms. The predicted molar refractivity (Wildman–Crippen MR) is 80.2 cm³/mol. The number of aromatic nitrogens is 1. The van der Waals surface area contributed by atoms with Crippen molar-refractivity contribution < 1.29 is 9.90 Å². The summed E-state index contributed by atoms with van der Waals surface area (Å²) in [5.41, 5.74) is 7.31. The second-order valence-corrected chi connectivity index (χ2v) is 5.42. The molecule has 0 unspecified atom stereocenters. The molecule has 1 aromatic carbocycles. The first kappa shape index (κ1) is 13.6. The van der Waals surface area contributed by atoms with Gasteiger partial charge in [-0.2, -0.15) is 0 Å². The number of primary amides is 1. The Bertz CT molecular complexity index is 652. The van der Waals surface area contributed by atoms with Crippen molar-refractivity contribution >= 4 is 11.6 Å². The molecule has 108 valence electrons. The van der Waals surface area contributed by atoms with Gasteiger partial charge in [0.2, 0.25) is 0 Å². The van der Waals surface area contributed by atoms with E-state index in [-0.39, 0.29) is 17.7 Å². The van der Waals surface area contributed by atoms with Gasteiger partial charge in [-0.05, 0) is 17.7 Å². The summed E-state index contributed by atoms with van der Waals surface area (Å²) in [5.74, 6) is -0.533. The van der Waals surface area contributed by atoms with Gasteiger partial charge in [-0.15, -0.1) is 0 Å². The molecule has 5 nitrogen and oxygen atoms in total. The van der Waals surface area contributed by atoms with Crippen LogP contribution in [0.15, 0.2) is 48.7 Å². The molecule has 1 fully saturated rings. The van der Waals surface area contributed by atoms with Crippen molar-refractivity contribution in [1.82, 2.24) is 4.98 Å². The summed E-state index contributed by atoms with van der Waals surface area (Å²) in [6.07, 6.45) is 1.58. The number of aliphatic hydroxyl groups is 1. The number of carbonyl (C=O) groups excluding carboxylic acids is 1. The van der Waals surface area contributed by atoms with E-state index < -0.39 is 5.91 Å². The van der Waals surface area contributed by atoms with Gasteiger partial charge in [0, 0.05) is 25.0 Å². The van der Waals surface area contributed by atoms with Gasteiger partial charge < -0.3 is 15.7 Å². The normalized spacial score (nSPS) is 16.3. The Morgan fingerprint density at radius 1 is 1.29 bits per heavy atom. The Kier molecular flexibility index (Phi) is 3.35. The number of pyridine rings is 1. The molecule has 21 heavy (non-hydrogen) atoms. The van der Waals surface area contributed by atoms with Crippen LogP contribution in [-0.2, 0) is 5.41 Å². The molecule has 1 saturated heterocycles. The average Bonchev–Trinajstić information content (AvgIpc) is 2.48. The maximum atomic E-state index is 11.2. The van der Waals surface area contributed by atoms with E-state index in [0.717, 1.165) is 11.3 Å². The minimum atomic E-state index is -0.533. The summed E-state index contributed by atoms with van der Waals surface area (Å²) < 4.78 is 0. The van der Waals surface area contributed by atoms with Crippen LogP contribution < -0.4 is 10.6 Å². The zero-order valence-electron chi connectivity index (χ0n) is 11.6. The smallest absolute Gasteiger partial charge is 0.267 e. The molecule has 0 saturated carbocycles. The molecule has 1 aromatic heterocycles. The highest BCUT2D eigenvalue weighted by molar-refractivity contribution is 5.91. The van der Waals surface area contributed by atoms with Gasteiger partial charge in [0.05, 0.1) is 12.0 Å². The Morgan fingerprint density at radius 3 is 2.62 bits per heavy atom. The molecule has 0 bridgehead atoms. The van der Waals surface area contributed by atoms with E-state index in [4.69, 9.17) is 5.73 Å². The molecule has 1 aliphatic rings. The Hall–Kier alpha value is -2.40. The van der Waals surface area contributed by atoms with E-state index in [1.165, 1.54) is 0 Å². The quantitative estimate of drug-likeness (QED) is 0.875. The lowest BCUT2D eigenvalue weighted by Crippen LogP contribution is -2.61. The third-order valence-corrected chi connectivity index (χ3v) is 4.04. The van der Waals surface area contributed by atoms with Crippen molar-refractivity contribution in [3.8, 4) is 0 Å². The first-order valence-electron chi connectivity index (χ1n) is 6.82. The van der Waals surface area contributed by atoms with Crippen LogP contribution in [0.4, 0.5) is 5.69 Å². The fourth-order valence-electron chi connectivity index (χ4n) is 2.78. The number of anilines is 1. The first-order valence-corrected chi connectivity index (χ1v) is 6.82. The molecule has 2 heterocycles. The van der Waals surface area contributed by atoms with E-state index in [0.29, 0.717) is 13.1 Å². The molecular formula is C16H17N3O2. The molecule has 1 amide bonds. The van der Waals surface area contributed by atoms with Crippen LogP contribution in [0.2, 0.25) is 0 Å². The highest BCUT2D eigenvalue weighted by atomic mass is 16.3. The fourth-order valence-corrected chi connectivity index (χ4v) is 2.78. The third kappa shape index (κ3) is 2.36. The molecule has 1 aliphatic heterocycles. The zero-order valence-corrected chi connectivity index (χ0v) is 11.6. The van der Waals surface area contributed by atoms with Crippen molar-refractivity contribution in [2.75, 3.05) is 24.6 Å². The highest BCUT2D eigenvalue weighted by Crippen LogP contribution is 2.37. The Balaban J connectivity index is 1.81. The van der Waals surface area contributed by atoms with Gasteiger partial charge in [-0.25, -0.2) is 0 Å². The SMILES string of the molecule is NC(=O)c1cc(N2CC(CO)(c3ccccc3)C2)ccn1. The van der Waals surface area contributed by atoms with Crippen molar-refractivity contribution in [2.24, 2.45) is 5.73 Å². The molecule has 3 rings (SSSR count). The van der Waals surface area contributed by atoms with Gasteiger partial charge in [0.15, 0.2) is 0 Å². The van der Waals surface area contributed by atoms with Crippen LogP contribution in [0.5, 0.6) is 0 Å². The van der Waals surface area contributed by atoms with Gasteiger partial charge in [0.1, 0.15) is 5.69 Å². The average molecular weight is 283 g/mol.